The van der Waals surface area contributed by atoms with Crippen molar-refractivity contribution in [3.8, 4) is 11.3 Å². The predicted octanol–water partition coefficient (Wildman–Crippen LogP) is 4.05. The van der Waals surface area contributed by atoms with Crippen molar-refractivity contribution in [2.75, 3.05) is 5.32 Å². The van der Waals surface area contributed by atoms with Crippen LogP contribution in [0.3, 0.4) is 0 Å². The smallest absolute Gasteiger partial charge is 0.136 e. The third kappa shape index (κ3) is 2.52. The molecule has 0 atom stereocenters. The number of hydrogen-bond donors (Lipinski definition) is 1. The maximum absolute atomic E-state index is 4.86. The summed E-state index contributed by atoms with van der Waals surface area (Å²) >= 11 is 0. The number of fused-ring (bicyclic) bond motifs is 1. The number of anilines is 1. The van der Waals surface area contributed by atoms with Crippen LogP contribution in [0.5, 0.6) is 0 Å². The van der Waals surface area contributed by atoms with Crippen molar-refractivity contribution in [1.29, 1.82) is 0 Å². The van der Waals surface area contributed by atoms with Crippen molar-refractivity contribution in [2.45, 2.75) is 31.7 Å². The topological polar surface area (TPSA) is 50.7 Å². The number of rotatable bonds is 3. The minimum Gasteiger partial charge on any atom is -0.367 e. The Bertz CT molecular complexity index is 779. The van der Waals surface area contributed by atoms with Gasteiger partial charge in [0, 0.05) is 35.6 Å². The highest BCUT2D eigenvalue weighted by Crippen LogP contribution is 2.29. The zero-order chi connectivity index (χ0) is 14.8. The summed E-state index contributed by atoms with van der Waals surface area (Å²) in [7, 11) is 0. The van der Waals surface area contributed by atoms with Crippen molar-refractivity contribution in [3.05, 3.63) is 48.9 Å². The van der Waals surface area contributed by atoms with Crippen molar-refractivity contribution in [1.82, 2.24) is 15.0 Å². The van der Waals surface area contributed by atoms with Gasteiger partial charge in [0.15, 0.2) is 0 Å². The van der Waals surface area contributed by atoms with Crippen LogP contribution in [0.4, 0.5) is 5.82 Å². The summed E-state index contributed by atoms with van der Waals surface area (Å²) in [5, 5.41) is 4.72. The number of nitrogens with zero attached hydrogens (tertiary/aromatic N) is 3. The summed E-state index contributed by atoms with van der Waals surface area (Å²) in [5.41, 5.74) is 2.98. The van der Waals surface area contributed by atoms with Gasteiger partial charge >= 0.3 is 0 Å². The van der Waals surface area contributed by atoms with Crippen LogP contribution in [0.25, 0.3) is 22.2 Å². The van der Waals surface area contributed by atoms with Gasteiger partial charge in [0.1, 0.15) is 5.82 Å². The Balaban J connectivity index is 1.82. The highest BCUT2D eigenvalue weighted by molar-refractivity contribution is 5.92. The van der Waals surface area contributed by atoms with E-state index in [9.17, 15) is 0 Å². The van der Waals surface area contributed by atoms with E-state index >= 15 is 0 Å². The number of aromatic nitrogens is 3. The van der Waals surface area contributed by atoms with Crippen LogP contribution in [0, 0.1) is 0 Å². The molecule has 110 valence electrons. The van der Waals surface area contributed by atoms with Crippen LogP contribution >= 0.6 is 0 Å². The lowest BCUT2D eigenvalue weighted by Gasteiger charge is -2.15. The van der Waals surface area contributed by atoms with Gasteiger partial charge < -0.3 is 5.32 Å². The molecule has 0 aromatic carbocycles. The first-order valence-electron chi connectivity index (χ1n) is 7.83. The van der Waals surface area contributed by atoms with Gasteiger partial charge in [-0.3, -0.25) is 9.97 Å². The average Bonchev–Trinajstić information content (AvgIpc) is 3.09. The van der Waals surface area contributed by atoms with Gasteiger partial charge in [-0.25, -0.2) is 4.98 Å². The Hall–Kier alpha value is -2.49. The standard InChI is InChI=1S/C18H18N4/c1-2-5-14(4-1)21-18-15-6-3-9-20-17(15)12-16(22-18)13-7-10-19-11-8-13/h3,6-12,14H,1-2,4-5H2,(H,21,22). The molecule has 0 bridgehead atoms. The Labute approximate surface area is 129 Å². The minimum absolute atomic E-state index is 0.531. The Morgan fingerprint density at radius 1 is 1.00 bits per heavy atom. The second-order valence-corrected chi connectivity index (χ2v) is 5.79. The van der Waals surface area contributed by atoms with E-state index in [1.54, 1.807) is 12.4 Å². The Kier molecular flexibility index (Phi) is 3.43. The minimum atomic E-state index is 0.531. The van der Waals surface area contributed by atoms with Crippen molar-refractivity contribution in [3.63, 3.8) is 0 Å². The van der Waals surface area contributed by atoms with Gasteiger partial charge in [0.2, 0.25) is 0 Å². The molecular formula is C18H18N4. The highest BCUT2D eigenvalue weighted by Gasteiger charge is 2.17. The second kappa shape index (κ2) is 5.72. The lowest BCUT2D eigenvalue weighted by molar-refractivity contribution is 0.752. The average molecular weight is 290 g/mol. The summed E-state index contributed by atoms with van der Waals surface area (Å²) in [4.78, 5) is 13.4. The third-order valence-electron chi connectivity index (χ3n) is 4.27. The van der Waals surface area contributed by atoms with Crippen LogP contribution in [-0.4, -0.2) is 21.0 Å². The van der Waals surface area contributed by atoms with E-state index in [0.717, 1.165) is 28.0 Å². The van der Waals surface area contributed by atoms with Crippen LogP contribution in [0.1, 0.15) is 25.7 Å². The molecule has 0 saturated heterocycles. The van der Waals surface area contributed by atoms with Crippen LogP contribution < -0.4 is 5.32 Å². The zero-order valence-corrected chi connectivity index (χ0v) is 12.4. The monoisotopic (exact) mass is 290 g/mol. The maximum atomic E-state index is 4.86. The van der Waals surface area contributed by atoms with Gasteiger partial charge in [-0.1, -0.05) is 12.8 Å². The zero-order valence-electron chi connectivity index (χ0n) is 12.4. The molecular weight excluding hydrogens is 272 g/mol. The largest absolute Gasteiger partial charge is 0.367 e. The van der Waals surface area contributed by atoms with Gasteiger partial charge in [0.25, 0.3) is 0 Å². The molecule has 1 aliphatic rings. The molecule has 3 aromatic rings. The van der Waals surface area contributed by atoms with Crippen molar-refractivity contribution < 1.29 is 0 Å². The molecule has 1 fully saturated rings. The lowest BCUT2D eigenvalue weighted by atomic mass is 10.1. The van der Waals surface area contributed by atoms with E-state index in [-0.39, 0.29) is 0 Å². The summed E-state index contributed by atoms with van der Waals surface area (Å²) in [5.74, 6) is 0.948. The Morgan fingerprint density at radius 3 is 2.64 bits per heavy atom. The molecule has 4 rings (SSSR count). The van der Waals surface area contributed by atoms with Crippen molar-refractivity contribution >= 4 is 16.7 Å². The summed E-state index contributed by atoms with van der Waals surface area (Å²) in [6, 6.07) is 10.6. The molecule has 1 aliphatic carbocycles. The quantitative estimate of drug-likeness (QED) is 0.790. The normalized spacial score (nSPS) is 15.3. The first-order chi connectivity index (χ1) is 10.9. The van der Waals surface area contributed by atoms with Crippen LogP contribution in [-0.2, 0) is 0 Å². The molecule has 0 aliphatic heterocycles. The van der Waals surface area contributed by atoms with E-state index in [1.807, 2.05) is 30.5 Å². The molecule has 0 unspecified atom stereocenters. The summed E-state index contributed by atoms with van der Waals surface area (Å²) < 4.78 is 0. The SMILES string of the molecule is c1cnc2cc(-c3ccncc3)nc(NC3CCCC3)c2c1. The maximum Gasteiger partial charge on any atom is 0.136 e. The van der Waals surface area contributed by atoms with Crippen LogP contribution in [0.15, 0.2) is 48.9 Å². The van der Waals surface area contributed by atoms with Gasteiger partial charge in [0.05, 0.1) is 11.2 Å². The molecule has 1 N–H and O–H groups in total. The van der Waals surface area contributed by atoms with Gasteiger partial charge in [-0.2, -0.15) is 0 Å². The van der Waals surface area contributed by atoms with E-state index in [4.69, 9.17) is 4.98 Å². The fourth-order valence-electron chi connectivity index (χ4n) is 3.12. The summed E-state index contributed by atoms with van der Waals surface area (Å²) in [6.45, 7) is 0. The van der Waals surface area contributed by atoms with E-state index in [0.29, 0.717) is 6.04 Å². The Morgan fingerprint density at radius 2 is 1.82 bits per heavy atom. The molecule has 3 heterocycles. The molecule has 0 radical (unpaired) electrons. The molecule has 22 heavy (non-hydrogen) atoms. The second-order valence-electron chi connectivity index (χ2n) is 5.79. The van der Waals surface area contributed by atoms with E-state index in [1.165, 1.54) is 25.7 Å². The molecule has 0 spiro atoms. The number of nitrogens with one attached hydrogen (secondary N) is 1. The highest BCUT2D eigenvalue weighted by atomic mass is 15.0. The molecule has 4 heteroatoms. The first-order valence-corrected chi connectivity index (χ1v) is 7.83. The predicted molar refractivity (Wildman–Crippen MR) is 88.6 cm³/mol. The summed E-state index contributed by atoms with van der Waals surface area (Å²) in [6.07, 6.45) is 10.5. The molecule has 1 saturated carbocycles. The molecule has 4 nitrogen and oxygen atoms in total. The number of pyridine rings is 3. The first kappa shape index (κ1) is 13.2. The number of hydrogen-bond acceptors (Lipinski definition) is 4. The lowest BCUT2D eigenvalue weighted by Crippen LogP contribution is -2.16. The third-order valence-corrected chi connectivity index (χ3v) is 4.27. The fourth-order valence-corrected chi connectivity index (χ4v) is 3.12. The molecule has 0 amide bonds. The van der Waals surface area contributed by atoms with E-state index in [2.05, 4.69) is 21.4 Å². The van der Waals surface area contributed by atoms with Crippen LogP contribution in [0.2, 0.25) is 0 Å². The fraction of sp³-hybridized carbons (Fsp3) is 0.278. The molecule has 3 aromatic heterocycles. The van der Waals surface area contributed by atoms with Gasteiger partial charge in [-0.15, -0.1) is 0 Å². The van der Waals surface area contributed by atoms with Crippen molar-refractivity contribution in [2.24, 2.45) is 0 Å². The van der Waals surface area contributed by atoms with E-state index < -0.39 is 0 Å². The van der Waals surface area contributed by atoms with Gasteiger partial charge in [-0.05, 0) is 43.2 Å².